The first kappa shape index (κ1) is 17.2. The molecule has 1 heterocycles. The number of carbonyl (C=O) groups excluding carboxylic acids is 1. The molecule has 0 fully saturated rings. The Morgan fingerprint density at radius 3 is 2.60 bits per heavy atom. The number of nitrogens with one attached hydrogen (secondary N) is 1. The van der Waals surface area contributed by atoms with Gasteiger partial charge >= 0.3 is 0 Å². The number of amides is 1. The van der Waals surface area contributed by atoms with Crippen LogP contribution in [0.25, 0.3) is 0 Å². The van der Waals surface area contributed by atoms with Crippen molar-refractivity contribution in [1.82, 2.24) is 9.78 Å². The second-order valence-corrected chi connectivity index (χ2v) is 6.07. The molecule has 3 rings (SSSR count). The van der Waals surface area contributed by atoms with Crippen molar-refractivity contribution in [3.63, 3.8) is 0 Å². The van der Waals surface area contributed by atoms with Gasteiger partial charge in [0.05, 0.1) is 17.8 Å². The Kier molecular flexibility index (Phi) is 5.16. The second-order valence-electron chi connectivity index (χ2n) is 5.29. The molecule has 3 aromatic rings. The van der Waals surface area contributed by atoms with Crippen LogP contribution in [0, 0.1) is 0 Å². The molecule has 0 radical (unpaired) electrons. The number of rotatable bonds is 4. The van der Waals surface area contributed by atoms with Crippen molar-refractivity contribution in [3.8, 4) is 0 Å². The minimum atomic E-state index is -0.478. The molecular formula is C18H13Cl2N3O2. The summed E-state index contributed by atoms with van der Waals surface area (Å²) in [5.41, 5.74) is 1.46. The maximum absolute atomic E-state index is 12.4. The normalized spacial score (nSPS) is 10.5. The minimum Gasteiger partial charge on any atom is -0.322 e. The molecule has 0 aliphatic heterocycles. The summed E-state index contributed by atoms with van der Waals surface area (Å²) >= 11 is 11.6. The quantitative estimate of drug-likeness (QED) is 0.755. The van der Waals surface area contributed by atoms with E-state index in [0.29, 0.717) is 11.3 Å². The molecule has 0 spiro atoms. The van der Waals surface area contributed by atoms with Crippen LogP contribution in [-0.2, 0) is 6.54 Å². The number of benzene rings is 2. The van der Waals surface area contributed by atoms with E-state index in [9.17, 15) is 9.59 Å². The molecular weight excluding hydrogens is 361 g/mol. The first-order valence-electron chi connectivity index (χ1n) is 7.41. The van der Waals surface area contributed by atoms with Crippen LogP contribution in [0.4, 0.5) is 5.69 Å². The van der Waals surface area contributed by atoms with Gasteiger partial charge in [-0.1, -0.05) is 53.5 Å². The number of hydrogen-bond acceptors (Lipinski definition) is 3. The third kappa shape index (κ3) is 4.07. The molecule has 25 heavy (non-hydrogen) atoms. The third-order valence-electron chi connectivity index (χ3n) is 3.50. The van der Waals surface area contributed by atoms with Crippen LogP contribution in [0.2, 0.25) is 10.0 Å². The topological polar surface area (TPSA) is 64.0 Å². The van der Waals surface area contributed by atoms with Gasteiger partial charge in [0.15, 0.2) is 0 Å². The first-order valence-corrected chi connectivity index (χ1v) is 8.16. The zero-order chi connectivity index (χ0) is 17.8. The SMILES string of the molecule is O=C(Nc1ccccc1)c1cccc(Cn2ncc(Cl)c(Cl)c2=O)c1. The molecule has 0 saturated carbocycles. The van der Waals surface area contributed by atoms with E-state index in [4.69, 9.17) is 23.2 Å². The lowest BCUT2D eigenvalue weighted by Gasteiger charge is -2.08. The van der Waals surface area contributed by atoms with Gasteiger partial charge in [0, 0.05) is 11.3 Å². The average Bonchev–Trinajstić information content (AvgIpc) is 2.63. The summed E-state index contributed by atoms with van der Waals surface area (Å²) in [7, 11) is 0. The first-order chi connectivity index (χ1) is 12.0. The molecule has 1 amide bonds. The number of nitrogens with zero attached hydrogens (tertiary/aromatic N) is 2. The maximum Gasteiger partial charge on any atom is 0.287 e. The van der Waals surface area contributed by atoms with Crippen LogP contribution in [0.15, 0.2) is 65.6 Å². The van der Waals surface area contributed by atoms with Gasteiger partial charge in [0.25, 0.3) is 11.5 Å². The smallest absolute Gasteiger partial charge is 0.287 e. The van der Waals surface area contributed by atoms with Crippen molar-refractivity contribution in [3.05, 3.63) is 92.3 Å². The van der Waals surface area contributed by atoms with E-state index < -0.39 is 5.56 Å². The van der Waals surface area contributed by atoms with E-state index in [1.807, 2.05) is 18.2 Å². The van der Waals surface area contributed by atoms with E-state index in [0.717, 1.165) is 5.56 Å². The highest BCUT2D eigenvalue weighted by Gasteiger charge is 2.10. The van der Waals surface area contributed by atoms with E-state index >= 15 is 0 Å². The van der Waals surface area contributed by atoms with Crippen molar-refractivity contribution < 1.29 is 4.79 Å². The number of hydrogen-bond donors (Lipinski definition) is 1. The van der Waals surface area contributed by atoms with Crippen molar-refractivity contribution >= 4 is 34.8 Å². The monoisotopic (exact) mass is 373 g/mol. The fraction of sp³-hybridized carbons (Fsp3) is 0.0556. The van der Waals surface area contributed by atoms with Crippen molar-refractivity contribution in [2.45, 2.75) is 6.54 Å². The Morgan fingerprint density at radius 2 is 1.84 bits per heavy atom. The van der Waals surface area contributed by atoms with E-state index in [-0.39, 0.29) is 22.5 Å². The standard InChI is InChI=1S/C18H13Cl2N3O2/c19-15-10-21-23(18(25)16(15)20)11-12-5-4-6-13(9-12)17(24)22-14-7-2-1-3-8-14/h1-10H,11H2,(H,22,24). The predicted octanol–water partition coefficient (Wildman–Crippen LogP) is 3.85. The Hall–Kier alpha value is -2.63. The molecule has 2 aromatic carbocycles. The summed E-state index contributed by atoms with van der Waals surface area (Å²) in [5.74, 6) is -0.234. The van der Waals surface area contributed by atoms with Gasteiger partial charge in [-0.15, -0.1) is 0 Å². The highest BCUT2D eigenvalue weighted by Crippen LogP contribution is 2.15. The summed E-state index contributed by atoms with van der Waals surface area (Å²) in [6.07, 6.45) is 1.32. The number of anilines is 1. The Balaban J connectivity index is 1.81. The highest BCUT2D eigenvalue weighted by molar-refractivity contribution is 6.41. The third-order valence-corrected chi connectivity index (χ3v) is 4.24. The summed E-state index contributed by atoms with van der Waals surface area (Å²) in [4.78, 5) is 24.4. The molecule has 1 aromatic heterocycles. The van der Waals surface area contributed by atoms with Gasteiger partial charge in [-0.05, 0) is 29.8 Å². The highest BCUT2D eigenvalue weighted by atomic mass is 35.5. The van der Waals surface area contributed by atoms with E-state index in [1.54, 1.807) is 36.4 Å². The Labute approximate surface area is 153 Å². The van der Waals surface area contributed by atoms with Gasteiger partial charge in [-0.25, -0.2) is 4.68 Å². The Morgan fingerprint density at radius 1 is 1.08 bits per heavy atom. The van der Waals surface area contributed by atoms with Crippen molar-refractivity contribution in [1.29, 1.82) is 0 Å². The van der Waals surface area contributed by atoms with Crippen LogP contribution in [0.5, 0.6) is 0 Å². The lowest BCUT2D eigenvalue weighted by Crippen LogP contribution is -2.24. The van der Waals surface area contributed by atoms with Gasteiger partial charge in [0.2, 0.25) is 0 Å². The molecule has 0 saturated heterocycles. The lowest BCUT2D eigenvalue weighted by atomic mass is 10.1. The average molecular weight is 374 g/mol. The molecule has 126 valence electrons. The molecule has 5 nitrogen and oxygen atoms in total. The summed E-state index contributed by atoms with van der Waals surface area (Å²) < 4.78 is 1.20. The molecule has 0 atom stereocenters. The van der Waals surface area contributed by atoms with Gasteiger partial charge in [-0.3, -0.25) is 9.59 Å². The van der Waals surface area contributed by atoms with Gasteiger partial charge in [0.1, 0.15) is 5.02 Å². The second kappa shape index (κ2) is 7.51. The zero-order valence-electron chi connectivity index (χ0n) is 12.9. The van der Waals surface area contributed by atoms with E-state index in [1.165, 1.54) is 10.9 Å². The Bertz CT molecular complexity index is 972. The van der Waals surface area contributed by atoms with Crippen molar-refractivity contribution in [2.24, 2.45) is 0 Å². The van der Waals surface area contributed by atoms with Crippen LogP contribution in [0.3, 0.4) is 0 Å². The summed E-state index contributed by atoms with van der Waals surface area (Å²) in [6, 6.07) is 16.1. The summed E-state index contributed by atoms with van der Waals surface area (Å²) in [6.45, 7) is 0.183. The largest absolute Gasteiger partial charge is 0.322 e. The molecule has 0 aliphatic carbocycles. The van der Waals surface area contributed by atoms with Crippen LogP contribution < -0.4 is 10.9 Å². The van der Waals surface area contributed by atoms with Gasteiger partial charge < -0.3 is 5.32 Å². The zero-order valence-corrected chi connectivity index (χ0v) is 14.5. The van der Waals surface area contributed by atoms with E-state index in [2.05, 4.69) is 10.4 Å². The molecule has 0 bridgehead atoms. The maximum atomic E-state index is 12.4. The van der Waals surface area contributed by atoms with Crippen LogP contribution in [-0.4, -0.2) is 15.7 Å². The van der Waals surface area contributed by atoms with Gasteiger partial charge in [-0.2, -0.15) is 5.10 Å². The number of carbonyl (C=O) groups is 1. The fourth-order valence-corrected chi connectivity index (χ4v) is 2.54. The minimum absolute atomic E-state index is 0.0744. The molecule has 0 unspecified atom stereocenters. The predicted molar refractivity (Wildman–Crippen MR) is 98.5 cm³/mol. The summed E-state index contributed by atoms with van der Waals surface area (Å²) in [5, 5.41) is 6.81. The molecule has 0 aliphatic rings. The lowest BCUT2D eigenvalue weighted by molar-refractivity contribution is 0.102. The number of aromatic nitrogens is 2. The number of halogens is 2. The fourth-order valence-electron chi connectivity index (χ4n) is 2.27. The van der Waals surface area contributed by atoms with Crippen molar-refractivity contribution in [2.75, 3.05) is 5.32 Å². The molecule has 1 N–H and O–H groups in total. The number of para-hydroxylation sites is 1. The van der Waals surface area contributed by atoms with Crippen LogP contribution >= 0.6 is 23.2 Å². The molecule has 7 heteroatoms. The van der Waals surface area contributed by atoms with Crippen LogP contribution in [0.1, 0.15) is 15.9 Å².